The summed E-state index contributed by atoms with van der Waals surface area (Å²) in [6.07, 6.45) is -0.822. The first-order valence-electron chi connectivity index (χ1n) is 5.80. The number of halogens is 1. The Morgan fingerprint density at radius 2 is 2.30 bits per heavy atom. The van der Waals surface area contributed by atoms with E-state index in [1.165, 1.54) is 12.1 Å². The van der Waals surface area contributed by atoms with E-state index in [-0.39, 0.29) is 30.4 Å². The summed E-state index contributed by atoms with van der Waals surface area (Å²) in [5.74, 6) is -0.837. The summed E-state index contributed by atoms with van der Waals surface area (Å²) in [5.41, 5.74) is 5.41. The van der Waals surface area contributed by atoms with Crippen LogP contribution in [0.3, 0.4) is 0 Å². The van der Waals surface area contributed by atoms with Crippen LogP contribution in [0.5, 0.6) is 0 Å². The van der Waals surface area contributed by atoms with Crippen LogP contribution in [0.25, 0.3) is 0 Å². The molecule has 1 unspecified atom stereocenters. The van der Waals surface area contributed by atoms with Gasteiger partial charge in [0.2, 0.25) is 10.0 Å². The lowest BCUT2D eigenvalue weighted by atomic mass is 10.3. The molecule has 1 aromatic rings. The predicted octanol–water partition coefficient (Wildman–Crippen LogP) is -0.0384. The van der Waals surface area contributed by atoms with Gasteiger partial charge in [-0.05, 0) is 18.2 Å². The van der Waals surface area contributed by atoms with Gasteiger partial charge in [0, 0.05) is 13.1 Å². The number of hydrogen-bond acceptors (Lipinski definition) is 5. The fraction of sp³-hybridized carbons (Fsp3) is 0.364. The Morgan fingerprint density at radius 3 is 2.95 bits per heavy atom. The molecule has 0 bridgehead atoms. The molecule has 0 aliphatic carbocycles. The summed E-state index contributed by atoms with van der Waals surface area (Å²) in [4.78, 5) is -0.141. The molecule has 0 radical (unpaired) electrons. The van der Waals surface area contributed by atoms with Gasteiger partial charge in [0.1, 0.15) is 11.9 Å². The zero-order valence-electron chi connectivity index (χ0n) is 10.4. The SMILES string of the molecule is NC(=NO)C1CN(S(=O)(=O)c2cccc(F)c2)CCO1. The van der Waals surface area contributed by atoms with Gasteiger partial charge in [0.15, 0.2) is 5.84 Å². The van der Waals surface area contributed by atoms with Crippen LogP contribution in [-0.2, 0) is 14.8 Å². The molecule has 1 heterocycles. The molecular formula is C11H14FN3O4S. The van der Waals surface area contributed by atoms with Crippen molar-refractivity contribution in [1.29, 1.82) is 0 Å². The third-order valence-electron chi connectivity index (χ3n) is 2.91. The highest BCUT2D eigenvalue weighted by molar-refractivity contribution is 7.89. The molecule has 1 saturated heterocycles. The Labute approximate surface area is 115 Å². The van der Waals surface area contributed by atoms with Crippen molar-refractivity contribution >= 4 is 15.9 Å². The van der Waals surface area contributed by atoms with Gasteiger partial charge in [-0.2, -0.15) is 4.31 Å². The van der Waals surface area contributed by atoms with E-state index < -0.39 is 21.9 Å². The minimum atomic E-state index is -3.84. The molecule has 7 nitrogen and oxygen atoms in total. The number of morpholine rings is 1. The molecule has 20 heavy (non-hydrogen) atoms. The molecule has 1 aliphatic rings. The fourth-order valence-corrected chi connectivity index (χ4v) is 3.32. The average molecular weight is 303 g/mol. The highest BCUT2D eigenvalue weighted by Crippen LogP contribution is 2.19. The van der Waals surface area contributed by atoms with Gasteiger partial charge in [-0.1, -0.05) is 11.2 Å². The lowest BCUT2D eigenvalue weighted by Crippen LogP contribution is -2.50. The molecule has 1 aliphatic heterocycles. The van der Waals surface area contributed by atoms with Crippen LogP contribution in [-0.4, -0.2) is 49.6 Å². The van der Waals surface area contributed by atoms with Crippen molar-refractivity contribution in [3.63, 3.8) is 0 Å². The maximum absolute atomic E-state index is 13.1. The average Bonchev–Trinajstić information content (AvgIpc) is 2.46. The first kappa shape index (κ1) is 14.7. The number of nitrogens with two attached hydrogens (primary N) is 1. The number of ether oxygens (including phenoxy) is 1. The number of hydrogen-bond donors (Lipinski definition) is 2. The lowest BCUT2D eigenvalue weighted by Gasteiger charge is -2.31. The van der Waals surface area contributed by atoms with Crippen LogP contribution in [0.2, 0.25) is 0 Å². The lowest BCUT2D eigenvalue weighted by molar-refractivity contribution is 0.0355. The normalized spacial score (nSPS) is 21.9. The van der Waals surface area contributed by atoms with E-state index >= 15 is 0 Å². The number of oxime groups is 1. The highest BCUT2D eigenvalue weighted by Gasteiger charge is 2.32. The van der Waals surface area contributed by atoms with Crippen molar-refractivity contribution in [3.05, 3.63) is 30.1 Å². The van der Waals surface area contributed by atoms with E-state index in [1.54, 1.807) is 0 Å². The van der Waals surface area contributed by atoms with Gasteiger partial charge in [-0.25, -0.2) is 12.8 Å². The number of benzene rings is 1. The zero-order valence-corrected chi connectivity index (χ0v) is 11.3. The maximum Gasteiger partial charge on any atom is 0.243 e. The standard InChI is InChI=1S/C11H14FN3O4S/c12-8-2-1-3-9(6-8)20(17,18)15-4-5-19-10(7-15)11(13)14-16/h1-3,6,10,16H,4-5,7H2,(H2,13,14). The molecule has 1 atom stereocenters. The Hall–Kier alpha value is -1.71. The second kappa shape index (κ2) is 5.73. The van der Waals surface area contributed by atoms with Crippen molar-refractivity contribution < 1.29 is 22.8 Å². The van der Waals surface area contributed by atoms with Gasteiger partial charge in [-0.3, -0.25) is 0 Å². The monoisotopic (exact) mass is 303 g/mol. The van der Waals surface area contributed by atoms with Crippen LogP contribution in [0, 0.1) is 5.82 Å². The quantitative estimate of drug-likeness (QED) is 0.353. The van der Waals surface area contributed by atoms with Crippen LogP contribution in [0.15, 0.2) is 34.3 Å². The second-order valence-electron chi connectivity index (χ2n) is 4.20. The number of sulfonamides is 1. The van der Waals surface area contributed by atoms with Crippen LogP contribution in [0.4, 0.5) is 4.39 Å². The molecule has 9 heteroatoms. The Bertz CT molecular complexity index is 620. The summed E-state index contributed by atoms with van der Waals surface area (Å²) in [7, 11) is -3.84. The van der Waals surface area contributed by atoms with E-state index in [9.17, 15) is 12.8 Å². The van der Waals surface area contributed by atoms with Crippen molar-refractivity contribution in [3.8, 4) is 0 Å². The largest absolute Gasteiger partial charge is 0.409 e. The summed E-state index contributed by atoms with van der Waals surface area (Å²) in [6.45, 7) is 0.137. The van der Waals surface area contributed by atoms with Crippen LogP contribution >= 0.6 is 0 Å². The van der Waals surface area contributed by atoms with E-state index in [4.69, 9.17) is 15.7 Å². The van der Waals surface area contributed by atoms with Gasteiger partial charge in [0.25, 0.3) is 0 Å². The molecule has 1 fully saturated rings. The van der Waals surface area contributed by atoms with Crippen molar-refractivity contribution in [2.75, 3.05) is 19.7 Å². The molecule has 3 N–H and O–H groups in total. The zero-order chi connectivity index (χ0) is 14.8. The van der Waals surface area contributed by atoms with Crippen molar-refractivity contribution in [1.82, 2.24) is 4.31 Å². The Morgan fingerprint density at radius 1 is 1.55 bits per heavy atom. The van der Waals surface area contributed by atoms with Gasteiger partial charge >= 0.3 is 0 Å². The molecule has 110 valence electrons. The smallest absolute Gasteiger partial charge is 0.243 e. The minimum Gasteiger partial charge on any atom is -0.409 e. The molecule has 0 spiro atoms. The summed E-state index contributed by atoms with van der Waals surface area (Å²) < 4.78 is 44.2. The van der Waals surface area contributed by atoms with E-state index in [0.29, 0.717) is 0 Å². The van der Waals surface area contributed by atoms with Gasteiger partial charge in [-0.15, -0.1) is 0 Å². The minimum absolute atomic E-state index is 0.0886. The predicted molar refractivity (Wildman–Crippen MR) is 68.3 cm³/mol. The number of amidine groups is 1. The summed E-state index contributed by atoms with van der Waals surface area (Å²) in [5, 5.41) is 11.4. The Kier molecular flexibility index (Phi) is 4.21. The maximum atomic E-state index is 13.1. The van der Waals surface area contributed by atoms with Crippen LogP contribution < -0.4 is 5.73 Å². The second-order valence-corrected chi connectivity index (χ2v) is 6.14. The molecule has 0 saturated carbocycles. The van der Waals surface area contributed by atoms with Crippen molar-refractivity contribution in [2.24, 2.45) is 10.9 Å². The van der Waals surface area contributed by atoms with Gasteiger partial charge < -0.3 is 15.7 Å². The van der Waals surface area contributed by atoms with E-state index in [0.717, 1.165) is 16.4 Å². The molecule has 2 rings (SSSR count). The first-order chi connectivity index (χ1) is 9.45. The Balaban J connectivity index is 2.26. The van der Waals surface area contributed by atoms with Crippen molar-refractivity contribution in [2.45, 2.75) is 11.0 Å². The molecule has 1 aromatic carbocycles. The highest BCUT2D eigenvalue weighted by atomic mass is 32.2. The first-order valence-corrected chi connectivity index (χ1v) is 7.24. The number of nitrogens with zero attached hydrogens (tertiary/aromatic N) is 2. The summed E-state index contributed by atoms with van der Waals surface area (Å²) >= 11 is 0. The third kappa shape index (κ3) is 2.89. The van der Waals surface area contributed by atoms with Crippen LogP contribution in [0.1, 0.15) is 0 Å². The van der Waals surface area contributed by atoms with E-state index in [2.05, 4.69) is 5.16 Å². The molecule has 0 amide bonds. The molecule has 0 aromatic heterocycles. The summed E-state index contributed by atoms with van der Waals surface area (Å²) in [6, 6.07) is 4.75. The third-order valence-corrected chi connectivity index (χ3v) is 4.77. The van der Waals surface area contributed by atoms with E-state index in [1.807, 2.05) is 0 Å². The number of rotatable bonds is 3. The molecular weight excluding hydrogens is 289 g/mol. The van der Waals surface area contributed by atoms with Gasteiger partial charge in [0.05, 0.1) is 11.5 Å². The fourth-order valence-electron chi connectivity index (χ4n) is 1.86. The topological polar surface area (TPSA) is 105 Å².